The Hall–Kier alpha value is -4.06. The van der Waals surface area contributed by atoms with Crippen LogP contribution in [0.15, 0.2) is 12.1 Å². The third-order valence-electron chi connectivity index (χ3n) is 9.70. The molecule has 290 valence electrons. The lowest BCUT2D eigenvalue weighted by atomic mass is 9.83. The Morgan fingerprint density at radius 3 is 2.08 bits per heavy atom. The Labute approximate surface area is 301 Å². The molecule has 0 spiro atoms. The van der Waals surface area contributed by atoms with Crippen LogP contribution < -0.4 is 10.1 Å². The van der Waals surface area contributed by atoms with E-state index in [1.54, 1.807) is 16.8 Å². The molecule has 1 saturated carbocycles. The van der Waals surface area contributed by atoms with Crippen LogP contribution in [0.1, 0.15) is 49.5 Å². The predicted molar refractivity (Wildman–Crippen MR) is 184 cm³/mol. The number of hydrogen-bond acceptors (Lipinski definition) is 9. The number of aromatic nitrogens is 1. The minimum atomic E-state index is -1.25. The molecule has 2 atom stereocenters. The monoisotopic (exact) mass is 739 g/mol. The fourth-order valence-corrected chi connectivity index (χ4v) is 6.49. The van der Waals surface area contributed by atoms with Gasteiger partial charge in [0, 0.05) is 51.7 Å². The van der Waals surface area contributed by atoms with Crippen molar-refractivity contribution in [1.29, 1.82) is 0 Å². The molecule has 0 bridgehead atoms. The van der Waals surface area contributed by atoms with Gasteiger partial charge in [-0.25, -0.2) is 9.18 Å². The summed E-state index contributed by atoms with van der Waals surface area (Å²) in [6, 6.07) is 0.665. The molecule has 4 rings (SSSR count). The van der Waals surface area contributed by atoms with Gasteiger partial charge >= 0.3 is 6.09 Å². The van der Waals surface area contributed by atoms with Crippen molar-refractivity contribution in [1.82, 2.24) is 24.6 Å². The molecule has 2 aliphatic rings. The number of aliphatic hydroxyl groups is 1. The zero-order chi connectivity index (χ0) is 37.8. The molecule has 2 aromatic rings. The summed E-state index contributed by atoms with van der Waals surface area (Å²) in [5.41, 5.74) is 0.447. The molecule has 2 fully saturated rings. The van der Waals surface area contributed by atoms with Gasteiger partial charge in [-0.05, 0) is 31.7 Å². The number of likely N-dealkylation sites (N-methyl/N-ethyl adjacent to an activating group) is 1. The largest absolute Gasteiger partial charge is 0.487 e. The van der Waals surface area contributed by atoms with Gasteiger partial charge in [0.1, 0.15) is 24.4 Å². The summed E-state index contributed by atoms with van der Waals surface area (Å²) in [6.45, 7) is 3.65. The fraction of sp³-hybridized carbons (Fsp3) is 0.657. The SMILES string of the molecule is C[C@@H](C(=O)N[C@H](C(=O)N1CCN(C(=O)c2cc3c(OCCOCCOCCOCCO)c(F)c(F)cc3n2C)CC1)C1CCCCC1)N(C)C(=O)O. The number of aliphatic hydroxyl groups excluding tert-OH is 1. The van der Waals surface area contributed by atoms with Crippen molar-refractivity contribution in [3.63, 3.8) is 0 Å². The van der Waals surface area contributed by atoms with Crippen LogP contribution in [-0.2, 0) is 30.8 Å². The van der Waals surface area contributed by atoms with E-state index in [2.05, 4.69) is 5.32 Å². The summed E-state index contributed by atoms with van der Waals surface area (Å²) in [4.78, 5) is 56.1. The summed E-state index contributed by atoms with van der Waals surface area (Å²) in [6.07, 6.45) is 3.17. The standard InChI is InChI=1S/C35H51F2N5O10/c1-23(39(2)35(47)48)32(44)38-30(24-7-5-4-6-8-24)34(46)42-11-9-41(10-12-42)33(45)28-21-25-27(40(28)3)22-26(36)29(37)31(25)52-20-19-51-18-17-50-16-15-49-14-13-43/h21-24,30,43H,4-20H2,1-3H3,(H,38,44)(H,47,48)/t23-,30-/m0/s1. The number of piperazine rings is 1. The number of amides is 4. The van der Waals surface area contributed by atoms with E-state index in [-0.39, 0.29) is 106 Å². The molecular formula is C35H51F2N5O10. The molecule has 3 N–H and O–H groups in total. The summed E-state index contributed by atoms with van der Waals surface area (Å²) in [5, 5.41) is 21.1. The number of hydrogen-bond donors (Lipinski definition) is 3. The van der Waals surface area contributed by atoms with Gasteiger partial charge in [-0.2, -0.15) is 4.39 Å². The van der Waals surface area contributed by atoms with E-state index < -0.39 is 35.7 Å². The maximum Gasteiger partial charge on any atom is 0.407 e. The second-order valence-electron chi connectivity index (χ2n) is 13.0. The van der Waals surface area contributed by atoms with E-state index in [4.69, 9.17) is 24.1 Å². The Balaban J connectivity index is 1.36. The molecule has 0 unspecified atom stereocenters. The summed E-state index contributed by atoms with van der Waals surface area (Å²) < 4.78 is 52.6. The number of benzene rings is 1. The van der Waals surface area contributed by atoms with Crippen molar-refractivity contribution in [3.05, 3.63) is 29.5 Å². The number of carboxylic acid groups (broad SMARTS) is 1. The van der Waals surface area contributed by atoms with Crippen LogP contribution in [-0.4, -0.2) is 151 Å². The third-order valence-corrected chi connectivity index (χ3v) is 9.70. The lowest BCUT2D eigenvalue weighted by Crippen LogP contribution is -2.59. The van der Waals surface area contributed by atoms with Gasteiger partial charge in [0.2, 0.25) is 17.6 Å². The Kier molecular flexibility index (Phi) is 15.4. The molecule has 52 heavy (non-hydrogen) atoms. The second-order valence-corrected chi connectivity index (χ2v) is 13.0. The highest BCUT2D eigenvalue weighted by atomic mass is 19.2. The molecule has 1 aromatic heterocycles. The van der Waals surface area contributed by atoms with E-state index in [0.717, 1.165) is 43.1 Å². The highest BCUT2D eigenvalue weighted by Gasteiger charge is 2.37. The number of carbonyl (C=O) groups excluding carboxylic acids is 3. The molecular weight excluding hydrogens is 688 g/mol. The normalized spacial score (nSPS) is 16.5. The molecule has 0 radical (unpaired) electrons. The minimum absolute atomic E-state index is 0.0627. The molecule has 2 heterocycles. The maximum atomic E-state index is 15.0. The molecule has 17 heteroatoms. The van der Waals surface area contributed by atoms with Crippen molar-refractivity contribution in [2.75, 3.05) is 86.1 Å². The lowest BCUT2D eigenvalue weighted by Gasteiger charge is -2.39. The average Bonchev–Trinajstić information content (AvgIpc) is 3.48. The van der Waals surface area contributed by atoms with Crippen molar-refractivity contribution in [3.8, 4) is 5.75 Å². The number of rotatable bonds is 18. The number of aryl methyl sites for hydroxylation is 1. The first-order valence-electron chi connectivity index (χ1n) is 17.7. The zero-order valence-corrected chi connectivity index (χ0v) is 30.1. The first kappa shape index (κ1) is 40.7. The molecule has 1 aromatic carbocycles. The van der Waals surface area contributed by atoms with Crippen molar-refractivity contribution in [2.45, 2.75) is 51.1 Å². The zero-order valence-electron chi connectivity index (χ0n) is 30.1. The van der Waals surface area contributed by atoms with Crippen LogP contribution in [0.25, 0.3) is 10.9 Å². The lowest BCUT2D eigenvalue weighted by molar-refractivity contribution is -0.140. The van der Waals surface area contributed by atoms with Gasteiger partial charge in [-0.3, -0.25) is 19.3 Å². The smallest absolute Gasteiger partial charge is 0.407 e. The highest BCUT2D eigenvalue weighted by molar-refractivity contribution is 6.00. The van der Waals surface area contributed by atoms with Crippen LogP contribution in [0.2, 0.25) is 0 Å². The summed E-state index contributed by atoms with van der Waals surface area (Å²) >= 11 is 0. The van der Waals surface area contributed by atoms with Crippen LogP contribution >= 0.6 is 0 Å². The number of fused-ring (bicyclic) bond motifs is 1. The number of ether oxygens (including phenoxy) is 4. The van der Waals surface area contributed by atoms with Gasteiger partial charge in [-0.15, -0.1) is 0 Å². The predicted octanol–water partition coefficient (Wildman–Crippen LogP) is 2.23. The van der Waals surface area contributed by atoms with Gasteiger partial charge in [0.25, 0.3) is 5.91 Å². The molecule has 15 nitrogen and oxygen atoms in total. The second kappa shape index (κ2) is 19.7. The number of carbonyl (C=O) groups is 4. The van der Waals surface area contributed by atoms with Gasteiger partial charge in [0.15, 0.2) is 11.6 Å². The van der Waals surface area contributed by atoms with Crippen molar-refractivity contribution < 1.29 is 57.1 Å². The molecule has 4 amide bonds. The van der Waals surface area contributed by atoms with Crippen LogP contribution in [0.4, 0.5) is 13.6 Å². The van der Waals surface area contributed by atoms with Gasteiger partial charge in [0.05, 0.1) is 51.8 Å². The van der Waals surface area contributed by atoms with E-state index in [1.165, 1.54) is 24.6 Å². The summed E-state index contributed by atoms with van der Waals surface area (Å²) in [7, 11) is 2.88. The third kappa shape index (κ3) is 10.3. The van der Waals surface area contributed by atoms with Crippen LogP contribution in [0.3, 0.4) is 0 Å². The van der Waals surface area contributed by atoms with E-state index in [0.29, 0.717) is 13.2 Å². The van der Waals surface area contributed by atoms with E-state index >= 15 is 0 Å². The van der Waals surface area contributed by atoms with Crippen molar-refractivity contribution >= 4 is 34.7 Å². The fourth-order valence-electron chi connectivity index (χ4n) is 6.49. The topological polar surface area (TPSA) is 172 Å². The number of halogens is 2. The Morgan fingerprint density at radius 1 is 0.904 bits per heavy atom. The number of nitrogens with one attached hydrogen (secondary N) is 1. The first-order valence-corrected chi connectivity index (χ1v) is 17.7. The minimum Gasteiger partial charge on any atom is -0.487 e. The maximum absolute atomic E-state index is 15.0. The van der Waals surface area contributed by atoms with E-state index in [1.807, 2.05) is 0 Å². The van der Waals surface area contributed by atoms with Gasteiger partial charge < -0.3 is 48.8 Å². The molecule has 1 saturated heterocycles. The molecule has 1 aliphatic carbocycles. The number of nitrogens with zero attached hydrogens (tertiary/aromatic N) is 4. The van der Waals surface area contributed by atoms with Crippen molar-refractivity contribution in [2.24, 2.45) is 13.0 Å². The quantitative estimate of drug-likeness (QED) is 0.193. The Morgan fingerprint density at radius 2 is 1.48 bits per heavy atom. The average molecular weight is 740 g/mol. The first-order chi connectivity index (χ1) is 25.0. The van der Waals surface area contributed by atoms with Gasteiger partial charge in [-0.1, -0.05) is 19.3 Å². The van der Waals surface area contributed by atoms with Crippen LogP contribution in [0.5, 0.6) is 5.75 Å². The summed E-state index contributed by atoms with van der Waals surface area (Å²) in [5.74, 6) is -3.93. The Bertz CT molecular complexity index is 1530. The van der Waals surface area contributed by atoms with E-state index in [9.17, 15) is 33.1 Å². The molecule has 1 aliphatic heterocycles. The highest BCUT2D eigenvalue weighted by Crippen LogP contribution is 2.34. The van der Waals surface area contributed by atoms with Crippen LogP contribution in [0, 0.1) is 17.6 Å².